The number of hydrogen-bond acceptors (Lipinski definition) is 2. The molecule has 0 unspecified atom stereocenters. The summed E-state index contributed by atoms with van der Waals surface area (Å²) in [6.07, 6.45) is 0. The Morgan fingerprint density at radius 2 is 1.18 bits per heavy atom. The van der Waals surface area contributed by atoms with E-state index in [1.807, 2.05) is 11.3 Å². The Morgan fingerprint density at radius 3 is 2.10 bits per heavy atom. The van der Waals surface area contributed by atoms with Crippen LogP contribution in [0.1, 0.15) is 25.0 Å². The molecule has 0 spiro atoms. The SMILES string of the molecule is CC1(C)c2ccccc2-c2c(N(c3cccc(-c4ccc5ccccc5c4)c3)c3ccc4sc5c6ccccc6ccc5c4c3)cccc21. The van der Waals surface area contributed by atoms with Crippen LogP contribution in [0.5, 0.6) is 0 Å². The van der Waals surface area contributed by atoms with E-state index in [-0.39, 0.29) is 5.41 Å². The van der Waals surface area contributed by atoms with E-state index in [9.17, 15) is 0 Å². The fourth-order valence-electron chi connectivity index (χ4n) is 8.17. The van der Waals surface area contributed by atoms with E-state index in [1.54, 1.807) is 0 Å². The maximum absolute atomic E-state index is 2.49. The average molecular weight is 644 g/mol. The molecule has 1 aliphatic carbocycles. The van der Waals surface area contributed by atoms with Gasteiger partial charge in [0.25, 0.3) is 0 Å². The van der Waals surface area contributed by atoms with E-state index >= 15 is 0 Å². The van der Waals surface area contributed by atoms with Crippen LogP contribution in [0.3, 0.4) is 0 Å². The van der Waals surface area contributed by atoms with Crippen LogP contribution in [-0.4, -0.2) is 0 Å². The van der Waals surface area contributed by atoms with Crippen molar-refractivity contribution in [3.05, 3.63) is 175 Å². The molecule has 0 atom stereocenters. The number of benzene rings is 8. The van der Waals surface area contributed by atoms with Crippen molar-refractivity contribution in [1.29, 1.82) is 0 Å². The monoisotopic (exact) mass is 643 g/mol. The van der Waals surface area contributed by atoms with Crippen molar-refractivity contribution < 1.29 is 0 Å². The van der Waals surface area contributed by atoms with E-state index in [1.165, 1.54) is 80.8 Å². The number of anilines is 3. The Bertz CT molecular complexity index is 2770. The summed E-state index contributed by atoms with van der Waals surface area (Å²) in [5, 5.41) is 7.73. The molecular weight excluding hydrogens is 611 g/mol. The lowest BCUT2D eigenvalue weighted by Crippen LogP contribution is -2.16. The second kappa shape index (κ2) is 10.7. The van der Waals surface area contributed by atoms with E-state index < -0.39 is 0 Å². The molecule has 1 aliphatic rings. The van der Waals surface area contributed by atoms with Crippen molar-refractivity contribution in [3.8, 4) is 22.3 Å². The molecule has 0 aliphatic heterocycles. The van der Waals surface area contributed by atoms with Crippen molar-refractivity contribution in [2.24, 2.45) is 0 Å². The first-order chi connectivity index (χ1) is 24.0. The molecule has 2 heteroatoms. The van der Waals surface area contributed by atoms with Crippen LogP contribution in [-0.2, 0) is 5.41 Å². The summed E-state index contributed by atoms with van der Waals surface area (Å²) < 4.78 is 2.66. The molecule has 49 heavy (non-hydrogen) atoms. The number of thiophene rings is 1. The molecule has 0 amide bonds. The highest BCUT2D eigenvalue weighted by molar-refractivity contribution is 7.26. The van der Waals surface area contributed by atoms with Crippen molar-refractivity contribution in [2.75, 3.05) is 4.90 Å². The van der Waals surface area contributed by atoms with Crippen LogP contribution in [0.4, 0.5) is 17.1 Å². The number of rotatable bonds is 4. The largest absolute Gasteiger partial charge is 0.310 e. The molecule has 9 aromatic rings. The Hall–Kier alpha value is -5.70. The fraction of sp³-hybridized carbons (Fsp3) is 0.0638. The zero-order chi connectivity index (χ0) is 32.7. The lowest BCUT2D eigenvalue weighted by molar-refractivity contribution is 0.660. The molecule has 0 fully saturated rings. The van der Waals surface area contributed by atoms with Gasteiger partial charge in [0.1, 0.15) is 0 Å². The summed E-state index contributed by atoms with van der Waals surface area (Å²) >= 11 is 1.90. The summed E-state index contributed by atoms with van der Waals surface area (Å²) in [5.74, 6) is 0. The molecule has 0 N–H and O–H groups in total. The van der Waals surface area contributed by atoms with Gasteiger partial charge in [0.15, 0.2) is 0 Å². The van der Waals surface area contributed by atoms with Gasteiger partial charge in [-0.1, -0.05) is 135 Å². The maximum Gasteiger partial charge on any atom is 0.0543 e. The molecule has 1 aromatic heterocycles. The van der Waals surface area contributed by atoms with Crippen LogP contribution in [0, 0.1) is 0 Å². The van der Waals surface area contributed by atoms with Gasteiger partial charge in [-0.3, -0.25) is 0 Å². The van der Waals surface area contributed by atoms with Gasteiger partial charge in [0, 0.05) is 42.5 Å². The molecule has 0 saturated carbocycles. The Kier molecular flexibility index (Phi) is 6.16. The smallest absolute Gasteiger partial charge is 0.0543 e. The standard InChI is InChI=1S/C47H33NS/c1-47(2)41-18-8-7-17-39(41)45-42(47)19-10-20-43(45)48(35-15-9-14-33(28-35)34-22-21-30-11-3-4-13-32(30)27-34)36-24-26-44-40(29-36)38-25-23-31-12-5-6-16-37(31)46(38)49-44/h3-29H,1-2H3. The highest BCUT2D eigenvalue weighted by Gasteiger charge is 2.37. The van der Waals surface area contributed by atoms with E-state index in [2.05, 4.69) is 183 Å². The van der Waals surface area contributed by atoms with Crippen LogP contribution in [0.2, 0.25) is 0 Å². The van der Waals surface area contributed by atoms with Crippen molar-refractivity contribution in [3.63, 3.8) is 0 Å². The third-order valence-electron chi connectivity index (χ3n) is 10.6. The lowest BCUT2D eigenvalue weighted by Gasteiger charge is -2.29. The lowest BCUT2D eigenvalue weighted by atomic mass is 9.82. The summed E-state index contributed by atoms with van der Waals surface area (Å²) in [6, 6.07) is 60.7. The Balaban J connectivity index is 1.22. The van der Waals surface area contributed by atoms with E-state index in [4.69, 9.17) is 0 Å². The van der Waals surface area contributed by atoms with Gasteiger partial charge in [-0.25, -0.2) is 0 Å². The second-order valence-electron chi connectivity index (χ2n) is 13.8. The molecule has 0 radical (unpaired) electrons. The van der Waals surface area contributed by atoms with Gasteiger partial charge in [0.2, 0.25) is 0 Å². The quantitative estimate of drug-likeness (QED) is 0.184. The predicted molar refractivity (Wildman–Crippen MR) is 212 cm³/mol. The Morgan fingerprint density at radius 1 is 0.469 bits per heavy atom. The van der Waals surface area contributed by atoms with E-state index in [0.29, 0.717) is 0 Å². The van der Waals surface area contributed by atoms with Crippen molar-refractivity contribution in [2.45, 2.75) is 19.3 Å². The van der Waals surface area contributed by atoms with Crippen LogP contribution < -0.4 is 4.90 Å². The number of nitrogens with zero attached hydrogens (tertiary/aromatic N) is 1. The topological polar surface area (TPSA) is 3.24 Å². The molecular formula is C47H33NS. The van der Waals surface area contributed by atoms with Crippen LogP contribution in [0.25, 0.3) is 64.0 Å². The predicted octanol–water partition coefficient (Wildman–Crippen LogP) is 13.8. The van der Waals surface area contributed by atoms with Gasteiger partial charge in [0.05, 0.1) is 5.69 Å². The first-order valence-electron chi connectivity index (χ1n) is 17.0. The van der Waals surface area contributed by atoms with Crippen molar-refractivity contribution in [1.82, 2.24) is 0 Å². The third-order valence-corrected chi connectivity index (χ3v) is 11.8. The summed E-state index contributed by atoms with van der Waals surface area (Å²) in [5.41, 5.74) is 11.2. The van der Waals surface area contributed by atoms with Gasteiger partial charge in [-0.2, -0.15) is 0 Å². The summed E-state index contributed by atoms with van der Waals surface area (Å²) in [4.78, 5) is 2.49. The normalized spacial score (nSPS) is 13.3. The molecule has 232 valence electrons. The van der Waals surface area contributed by atoms with Gasteiger partial charge in [-0.15, -0.1) is 11.3 Å². The van der Waals surface area contributed by atoms with Gasteiger partial charge >= 0.3 is 0 Å². The zero-order valence-corrected chi connectivity index (χ0v) is 28.3. The summed E-state index contributed by atoms with van der Waals surface area (Å²) in [7, 11) is 0. The third kappa shape index (κ3) is 4.31. The first-order valence-corrected chi connectivity index (χ1v) is 17.8. The molecule has 0 saturated heterocycles. The van der Waals surface area contributed by atoms with E-state index in [0.717, 1.165) is 11.4 Å². The Labute approximate surface area is 290 Å². The first kappa shape index (κ1) is 28.3. The van der Waals surface area contributed by atoms with Gasteiger partial charge in [-0.05, 0) is 91.8 Å². The molecule has 10 rings (SSSR count). The van der Waals surface area contributed by atoms with Crippen molar-refractivity contribution >= 4 is 70.1 Å². The van der Waals surface area contributed by atoms with Gasteiger partial charge < -0.3 is 4.90 Å². The summed E-state index contributed by atoms with van der Waals surface area (Å²) in [6.45, 7) is 4.72. The molecule has 0 bridgehead atoms. The average Bonchev–Trinajstić information content (AvgIpc) is 3.64. The van der Waals surface area contributed by atoms with Crippen LogP contribution >= 0.6 is 11.3 Å². The van der Waals surface area contributed by atoms with Crippen LogP contribution in [0.15, 0.2) is 164 Å². The minimum Gasteiger partial charge on any atom is -0.310 e. The number of hydrogen-bond donors (Lipinski definition) is 0. The molecule has 8 aromatic carbocycles. The highest BCUT2D eigenvalue weighted by atomic mass is 32.1. The molecule has 1 heterocycles. The number of fused-ring (bicyclic) bond motifs is 9. The maximum atomic E-state index is 2.49. The molecule has 1 nitrogen and oxygen atoms in total. The second-order valence-corrected chi connectivity index (χ2v) is 14.8. The minimum atomic E-state index is -0.0882. The highest BCUT2D eigenvalue weighted by Crippen LogP contribution is 2.54. The zero-order valence-electron chi connectivity index (χ0n) is 27.4. The minimum absolute atomic E-state index is 0.0882. The fourth-order valence-corrected chi connectivity index (χ4v) is 9.39.